The molecule has 6 nitrogen and oxygen atoms in total. The molecule has 0 saturated carbocycles. The van der Waals surface area contributed by atoms with E-state index in [1.807, 2.05) is 19.0 Å². The third-order valence-corrected chi connectivity index (χ3v) is 5.77. The summed E-state index contributed by atoms with van der Waals surface area (Å²) in [6, 6.07) is 2.51. The summed E-state index contributed by atoms with van der Waals surface area (Å²) in [4.78, 5) is 31.2. The molecule has 1 atom stereocenters. The van der Waals surface area contributed by atoms with Gasteiger partial charge in [0.1, 0.15) is 5.82 Å². The van der Waals surface area contributed by atoms with Gasteiger partial charge in [-0.3, -0.25) is 9.59 Å². The van der Waals surface area contributed by atoms with Crippen LogP contribution in [0.25, 0.3) is 11.5 Å². The molecular formula is C24H27F4N3O3. The summed E-state index contributed by atoms with van der Waals surface area (Å²) < 4.78 is 59.8. The van der Waals surface area contributed by atoms with Gasteiger partial charge < -0.3 is 14.6 Å². The van der Waals surface area contributed by atoms with Crippen molar-refractivity contribution in [3.63, 3.8) is 0 Å². The van der Waals surface area contributed by atoms with Crippen LogP contribution >= 0.6 is 0 Å². The van der Waals surface area contributed by atoms with E-state index < -0.39 is 52.0 Å². The van der Waals surface area contributed by atoms with Crippen LogP contribution < -0.4 is 5.32 Å². The Morgan fingerprint density at radius 3 is 2.53 bits per heavy atom. The van der Waals surface area contributed by atoms with E-state index in [1.54, 1.807) is 0 Å². The highest BCUT2D eigenvalue weighted by Gasteiger charge is 2.39. The molecule has 10 heteroatoms. The predicted octanol–water partition coefficient (Wildman–Crippen LogP) is 5.25. The first-order chi connectivity index (χ1) is 16.0. The summed E-state index contributed by atoms with van der Waals surface area (Å²) in [5.41, 5.74) is -2.73. The second kappa shape index (κ2) is 10.5. The number of nitrogens with one attached hydrogen (secondary N) is 1. The Balaban J connectivity index is 1.82. The Morgan fingerprint density at radius 2 is 1.88 bits per heavy atom. The van der Waals surface area contributed by atoms with Gasteiger partial charge in [-0.15, -0.1) is 0 Å². The first-order valence-electron chi connectivity index (χ1n) is 11.1. The molecule has 0 spiro atoms. The van der Waals surface area contributed by atoms with Crippen LogP contribution in [0.5, 0.6) is 0 Å². The highest BCUT2D eigenvalue weighted by Crippen LogP contribution is 2.39. The van der Waals surface area contributed by atoms with Crippen molar-refractivity contribution in [3.05, 3.63) is 52.8 Å². The maximum absolute atomic E-state index is 14.3. The van der Waals surface area contributed by atoms with Crippen molar-refractivity contribution in [2.75, 3.05) is 20.6 Å². The van der Waals surface area contributed by atoms with Crippen molar-refractivity contribution >= 4 is 11.6 Å². The number of unbranched alkanes of at least 4 members (excludes halogenated alkanes) is 3. The topological polar surface area (TPSA) is 75.4 Å². The minimum atomic E-state index is -4.89. The Hall–Kier alpha value is -3.01. The Bertz CT molecular complexity index is 1090. The zero-order valence-corrected chi connectivity index (χ0v) is 19.3. The van der Waals surface area contributed by atoms with Crippen LogP contribution in [0, 0.1) is 5.82 Å². The number of hydrogen-bond donors (Lipinski definition) is 1. The average molecular weight is 481 g/mol. The number of halogens is 4. The summed E-state index contributed by atoms with van der Waals surface area (Å²) in [6.45, 7) is 2.51. The van der Waals surface area contributed by atoms with Crippen LogP contribution in [0.15, 0.2) is 34.4 Å². The molecule has 3 rings (SSSR count). The van der Waals surface area contributed by atoms with Gasteiger partial charge in [-0.05, 0) is 32.6 Å². The standard InChI is InChI=1S/C24H27F4N3O3/c1-4-5-6-7-9-14(31(2)3)13-29-17-12-18(32)20-22(21(17)33)34-23(30-20)19-15(24(26,27)28)10-8-11-16(19)25/h8,10-12,14,29H,4-7,9,13H2,1-3H3. The fraction of sp³-hybridized carbons (Fsp3) is 0.458. The number of nitrogens with zero attached hydrogens (tertiary/aromatic N) is 2. The molecule has 0 saturated heterocycles. The molecule has 1 aliphatic carbocycles. The lowest BCUT2D eigenvalue weighted by Gasteiger charge is -2.25. The Kier molecular flexibility index (Phi) is 7.91. The number of benzene rings is 1. The predicted molar refractivity (Wildman–Crippen MR) is 118 cm³/mol. The lowest BCUT2D eigenvalue weighted by Crippen LogP contribution is -2.39. The maximum atomic E-state index is 14.3. The van der Waals surface area contributed by atoms with Crippen LogP contribution in [0.2, 0.25) is 0 Å². The van der Waals surface area contributed by atoms with E-state index in [0.29, 0.717) is 12.6 Å². The minimum absolute atomic E-state index is 0.0369. The van der Waals surface area contributed by atoms with E-state index >= 15 is 0 Å². The zero-order chi connectivity index (χ0) is 25.0. The van der Waals surface area contributed by atoms with E-state index in [-0.39, 0.29) is 11.7 Å². The summed E-state index contributed by atoms with van der Waals surface area (Å²) in [5.74, 6) is -3.93. The van der Waals surface area contributed by atoms with Crippen molar-refractivity contribution < 1.29 is 31.6 Å². The van der Waals surface area contributed by atoms with Crippen molar-refractivity contribution in [1.29, 1.82) is 0 Å². The molecule has 1 unspecified atom stereocenters. The number of carbonyl (C=O) groups is 2. The minimum Gasteiger partial charge on any atom is -0.432 e. The molecule has 1 N–H and O–H groups in total. The molecule has 0 aliphatic heterocycles. The average Bonchev–Trinajstić information content (AvgIpc) is 3.21. The molecular weight excluding hydrogens is 454 g/mol. The van der Waals surface area contributed by atoms with Crippen molar-refractivity contribution in [2.45, 2.75) is 51.2 Å². The van der Waals surface area contributed by atoms with E-state index in [9.17, 15) is 27.2 Å². The number of rotatable bonds is 10. The fourth-order valence-electron chi connectivity index (χ4n) is 3.82. The van der Waals surface area contributed by atoms with E-state index in [2.05, 4.69) is 17.2 Å². The number of ketones is 2. The zero-order valence-electron chi connectivity index (χ0n) is 19.3. The molecule has 0 amide bonds. The number of fused-ring (bicyclic) bond motifs is 1. The second-order valence-corrected chi connectivity index (χ2v) is 8.46. The maximum Gasteiger partial charge on any atom is 0.417 e. The number of hydrogen-bond acceptors (Lipinski definition) is 6. The van der Waals surface area contributed by atoms with Crippen molar-refractivity contribution in [1.82, 2.24) is 15.2 Å². The molecule has 1 heterocycles. The number of likely N-dealkylation sites (N-methyl/N-ethyl adjacent to an activating group) is 1. The van der Waals surface area contributed by atoms with Gasteiger partial charge in [0.2, 0.25) is 23.2 Å². The summed E-state index contributed by atoms with van der Waals surface area (Å²) >= 11 is 0. The number of aromatic nitrogens is 1. The number of alkyl halides is 3. The van der Waals surface area contributed by atoms with Crippen LogP contribution in [0.4, 0.5) is 17.6 Å². The smallest absolute Gasteiger partial charge is 0.417 e. The summed E-state index contributed by atoms with van der Waals surface area (Å²) in [6.07, 6.45) is 1.43. The lowest BCUT2D eigenvalue weighted by atomic mass is 10.0. The number of carbonyl (C=O) groups excluding carboxylic acids is 2. The van der Waals surface area contributed by atoms with Gasteiger partial charge in [0.15, 0.2) is 5.69 Å². The quantitative estimate of drug-likeness (QED) is 0.369. The molecule has 0 fully saturated rings. The molecule has 1 aromatic carbocycles. The van der Waals surface area contributed by atoms with Crippen LogP contribution in [-0.4, -0.2) is 48.1 Å². The Morgan fingerprint density at radius 1 is 1.15 bits per heavy atom. The summed E-state index contributed by atoms with van der Waals surface area (Å²) in [5, 5.41) is 2.97. The molecule has 0 radical (unpaired) electrons. The van der Waals surface area contributed by atoms with Crippen molar-refractivity contribution in [2.24, 2.45) is 0 Å². The third-order valence-electron chi connectivity index (χ3n) is 5.77. The Labute approximate surface area is 195 Å². The van der Waals surface area contributed by atoms with Crippen LogP contribution in [0.3, 0.4) is 0 Å². The largest absolute Gasteiger partial charge is 0.432 e. The number of allylic oxidation sites excluding steroid dienone is 2. The van der Waals surface area contributed by atoms with Crippen LogP contribution in [-0.2, 0) is 6.18 Å². The number of oxazole rings is 1. The van der Waals surface area contributed by atoms with Gasteiger partial charge in [-0.2, -0.15) is 13.2 Å². The highest BCUT2D eigenvalue weighted by atomic mass is 19.4. The molecule has 1 aliphatic rings. The summed E-state index contributed by atoms with van der Waals surface area (Å²) in [7, 11) is 3.84. The second-order valence-electron chi connectivity index (χ2n) is 8.46. The third kappa shape index (κ3) is 5.55. The lowest BCUT2D eigenvalue weighted by molar-refractivity contribution is -0.137. The molecule has 2 aromatic rings. The molecule has 1 aromatic heterocycles. The van der Waals surface area contributed by atoms with Gasteiger partial charge in [0.05, 0.1) is 16.8 Å². The highest BCUT2D eigenvalue weighted by molar-refractivity contribution is 6.22. The van der Waals surface area contributed by atoms with Gasteiger partial charge in [-0.25, -0.2) is 9.37 Å². The van der Waals surface area contributed by atoms with Crippen LogP contribution in [0.1, 0.15) is 65.6 Å². The van der Waals surface area contributed by atoms with E-state index in [0.717, 1.165) is 50.3 Å². The normalized spacial score (nSPS) is 14.9. The first kappa shape index (κ1) is 25.6. The van der Waals surface area contributed by atoms with Gasteiger partial charge in [0, 0.05) is 18.7 Å². The van der Waals surface area contributed by atoms with Gasteiger partial charge in [0.25, 0.3) is 0 Å². The SMILES string of the molecule is CCCCCCC(CNC1=CC(=O)c2nc(-c3c(F)cccc3C(F)(F)F)oc2C1=O)N(C)C. The monoisotopic (exact) mass is 481 g/mol. The van der Waals surface area contributed by atoms with Crippen molar-refractivity contribution in [3.8, 4) is 11.5 Å². The van der Waals surface area contributed by atoms with Gasteiger partial charge >= 0.3 is 6.18 Å². The van der Waals surface area contributed by atoms with E-state index in [4.69, 9.17) is 4.42 Å². The molecule has 34 heavy (non-hydrogen) atoms. The fourth-order valence-corrected chi connectivity index (χ4v) is 3.82. The number of Topliss-reactive ketones (excluding diaryl/α,β-unsaturated/α-hetero) is 1. The van der Waals surface area contributed by atoms with Gasteiger partial charge in [-0.1, -0.05) is 38.7 Å². The first-order valence-corrected chi connectivity index (χ1v) is 11.1. The van der Waals surface area contributed by atoms with E-state index in [1.165, 1.54) is 0 Å². The molecule has 0 bridgehead atoms. The molecule has 184 valence electrons.